The van der Waals surface area contributed by atoms with Gasteiger partial charge in [0.1, 0.15) is 0 Å². The van der Waals surface area contributed by atoms with E-state index in [1.807, 2.05) is 0 Å². The summed E-state index contributed by atoms with van der Waals surface area (Å²) in [6.45, 7) is 1.27. The number of fused-ring (bicyclic) bond motifs is 2. The molecule has 3 heteroatoms. The summed E-state index contributed by atoms with van der Waals surface area (Å²) < 4.78 is 0. The molecule has 1 aliphatic carbocycles. The number of hydrogen-bond donors (Lipinski definition) is 2. The van der Waals surface area contributed by atoms with E-state index in [-0.39, 0.29) is 6.10 Å². The number of nitrogens with zero attached hydrogens (tertiary/aromatic N) is 1. The van der Waals surface area contributed by atoms with Crippen LogP contribution in [0.25, 0.3) is 0 Å². The Kier molecular flexibility index (Phi) is 3.42. The van der Waals surface area contributed by atoms with Crippen LogP contribution in [-0.2, 0) is 0 Å². The average Bonchev–Trinajstić information content (AvgIpc) is 2.84. The second-order valence-corrected chi connectivity index (χ2v) is 6.29. The van der Waals surface area contributed by atoms with Crippen LogP contribution in [0.5, 0.6) is 0 Å². The first-order valence-electron chi connectivity index (χ1n) is 7.39. The van der Waals surface area contributed by atoms with Crippen molar-refractivity contribution in [2.24, 2.45) is 5.92 Å². The molecule has 1 saturated carbocycles. The van der Waals surface area contributed by atoms with Crippen molar-refractivity contribution in [1.82, 2.24) is 10.2 Å². The Hall–Kier alpha value is -0.120. The summed E-state index contributed by atoms with van der Waals surface area (Å²) in [5.41, 5.74) is 0. The van der Waals surface area contributed by atoms with Crippen LogP contribution in [0, 0.1) is 5.92 Å². The van der Waals surface area contributed by atoms with Crippen molar-refractivity contribution in [2.75, 3.05) is 13.6 Å². The van der Waals surface area contributed by atoms with Gasteiger partial charge in [0.05, 0.1) is 6.10 Å². The normalized spacial score (nSPS) is 46.6. The number of aliphatic hydroxyl groups is 1. The lowest BCUT2D eigenvalue weighted by Crippen LogP contribution is -2.48. The SMILES string of the molecule is CNC1CCCC1CN1C2CCC1CC(O)C2. The van der Waals surface area contributed by atoms with Gasteiger partial charge < -0.3 is 10.4 Å². The molecule has 4 unspecified atom stereocenters. The van der Waals surface area contributed by atoms with Crippen molar-refractivity contribution in [3.63, 3.8) is 0 Å². The Bertz CT molecular complexity index is 257. The summed E-state index contributed by atoms with van der Waals surface area (Å²) in [6, 6.07) is 2.10. The van der Waals surface area contributed by atoms with E-state index in [9.17, 15) is 5.11 Å². The van der Waals surface area contributed by atoms with Crippen LogP contribution in [0.1, 0.15) is 44.9 Å². The third-order valence-corrected chi connectivity index (χ3v) is 5.33. The first-order chi connectivity index (χ1) is 8.28. The highest BCUT2D eigenvalue weighted by molar-refractivity contribution is 4.97. The Balaban J connectivity index is 1.62. The molecule has 98 valence electrons. The largest absolute Gasteiger partial charge is 0.393 e. The highest BCUT2D eigenvalue weighted by Crippen LogP contribution is 2.38. The van der Waals surface area contributed by atoms with Crippen molar-refractivity contribution in [2.45, 2.75) is 69.2 Å². The minimum absolute atomic E-state index is 0.0209. The molecular formula is C14H26N2O. The van der Waals surface area contributed by atoms with Crippen molar-refractivity contribution in [3.8, 4) is 0 Å². The van der Waals surface area contributed by atoms with Crippen molar-refractivity contribution in [3.05, 3.63) is 0 Å². The second kappa shape index (κ2) is 4.87. The molecule has 2 saturated heterocycles. The fourth-order valence-corrected chi connectivity index (χ4v) is 4.45. The van der Waals surface area contributed by atoms with Crippen LogP contribution in [-0.4, -0.2) is 47.8 Å². The van der Waals surface area contributed by atoms with Crippen LogP contribution in [0.4, 0.5) is 0 Å². The van der Waals surface area contributed by atoms with Gasteiger partial charge in [0.15, 0.2) is 0 Å². The minimum Gasteiger partial charge on any atom is -0.393 e. The number of piperidine rings is 1. The van der Waals surface area contributed by atoms with E-state index < -0.39 is 0 Å². The molecule has 0 aromatic heterocycles. The van der Waals surface area contributed by atoms with E-state index in [0.717, 1.165) is 24.8 Å². The maximum Gasteiger partial charge on any atom is 0.0570 e. The van der Waals surface area contributed by atoms with Gasteiger partial charge in [0.2, 0.25) is 0 Å². The summed E-state index contributed by atoms with van der Waals surface area (Å²) in [4.78, 5) is 2.73. The molecule has 3 aliphatic rings. The lowest BCUT2D eigenvalue weighted by molar-refractivity contribution is 0.0254. The fraction of sp³-hybridized carbons (Fsp3) is 1.00. The third-order valence-electron chi connectivity index (χ3n) is 5.33. The van der Waals surface area contributed by atoms with E-state index in [1.54, 1.807) is 0 Å². The second-order valence-electron chi connectivity index (χ2n) is 6.29. The molecule has 2 aliphatic heterocycles. The molecule has 17 heavy (non-hydrogen) atoms. The topological polar surface area (TPSA) is 35.5 Å². The fourth-order valence-electron chi connectivity index (χ4n) is 4.45. The molecule has 0 aromatic carbocycles. The van der Waals surface area contributed by atoms with Crippen LogP contribution < -0.4 is 5.32 Å². The smallest absolute Gasteiger partial charge is 0.0570 e. The van der Waals surface area contributed by atoms with Gasteiger partial charge in [-0.2, -0.15) is 0 Å². The lowest BCUT2D eigenvalue weighted by atomic mass is 9.96. The molecule has 0 aromatic rings. The van der Waals surface area contributed by atoms with Gasteiger partial charge in [-0.1, -0.05) is 6.42 Å². The predicted molar refractivity (Wildman–Crippen MR) is 68.9 cm³/mol. The van der Waals surface area contributed by atoms with Gasteiger partial charge in [0, 0.05) is 24.7 Å². The third kappa shape index (κ3) is 2.25. The standard InChI is InChI=1S/C14H26N2O/c1-15-14-4-2-3-10(14)9-16-11-5-6-12(16)8-13(17)7-11/h10-15,17H,2-9H2,1H3. The minimum atomic E-state index is -0.0209. The molecule has 2 bridgehead atoms. The number of rotatable bonds is 3. The van der Waals surface area contributed by atoms with E-state index >= 15 is 0 Å². The predicted octanol–water partition coefficient (Wildman–Crippen LogP) is 1.36. The zero-order valence-electron chi connectivity index (χ0n) is 10.9. The Morgan fingerprint density at radius 1 is 1.12 bits per heavy atom. The average molecular weight is 238 g/mol. The Morgan fingerprint density at radius 3 is 2.47 bits per heavy atom. The summed E-state index contributed by atoms with van der Waals surface area (Å²) in [5, 5.41) is 13.3. The summed E-state index contributed by atoms with van der Waals surface area (Å²) in [7, 11) is 2.11. The van der Waals surface area contributed by atoms with Crippen molar-refractivity contribution < 1.29 is 5.11 Å². The van der Waals surface area contributed by atoms with E-state index in [1.165, 1.54) is 38.6 Å². The molecule has 2 heterocycles. The van der Waals surface area contributed by atoms with Gasteiger partial charge in [-0.15, -0.1) is 0 Å². The zero-order chi connectivity index (χ0) is 11.8. The number of aliphatic hydroxyl groups excluding tert-OH is 1. The van der Waals surface area contributed by atoms with E-state index in [2.05, 4.69) is 17.3 Å². The van der Waals surface area contributed by atoms with Crippen LogP contribution in [0.2, 0.25) is 0 Å². The first-order valence-corrected chi connectivity index (χ1v) is 7.39. The van der Waals surface area contributed by atoms with E-state index in [4.69, 9.17) is 0 Å². The molecule has 3 nitrogen and oxygen atoms in total. The van der Waals surface area contributed by atoms with Crippen molar-refractivity contribution >= 4 is 0 Å². The van der Waals surface area contributed by atoms with Crippen LogP contribution >= 0.6 is 0 Å². The number of hydrogen-bond acceptors (Lipinski definition) is 3. The summed E-state index contributed by atoms with van der Waals surface area (Å²) in [5.74, 6) is 0.846. The molecular weight excluding hydrogens is 212 g/mol. The van der Waals surface area contributed by atoms with Gasteiger partial charge in [-0.25, -0.2) is 0 Å². The van der Waals surface area contributed by atoms with Gasteiger partial charge in [-0.3, -0.25) is 4.90 Å². The molecule has 0 amide bonds. The van der Waals surface area contributed by atoms with Crippen LogP contribution in [0.15, 0.2) is 0 Å². The van der Waals surface area contributed by atoms with Crippen molar-refractivity contribution in [1.29, 1.82) is 0 Å². The van der Waals surface area contributed by atoms with E-state index in [0.29, 0.717) is 12.1 Å². The van der Waals surface area contributed by atoms with Crippen LogP contribution in [0.3, 0.4) is 0 Å². The highest BCUT2D eigenvalue weighted by Gasteiger charge is 2.42. The quantitative estimate of drug-likeness (QED) is 0.779. The van der Waals surface area contributed by atoms with Gasteiger partial charge in [0.25, 0.3) is 0 Å². The Labute approximate surface area is 105 Å². The molecule has 3 rings (SSSR count). The zero-order valence-corrected chi connectivity index (χ0v) is 10.9. The molecule has 0 radical (unpaired) electrons. The molecule has 3 fully saturated rings. The summed E-state index contributed by atoms with van der Waals surface area (Å²) >= 11 is 0. The van der Waals surface area contributed by atoms with Gasteiger partial charge >= 0.3 is 0 Å². The maximum absolute atomic E-state index is 9.83. The number of nitrogens with one attached hydrogen (secondary N) is 1. The molecule has 4 atom stereocenters. The lowest BCUT2D eigenvalue weighted by Gasteiger charge is -2.39. The monoisotopic (exact) mass is 238 g/mol. The summed E-state index contributed by atoms with van der Waals surface area (Å²) in [6.07, 6.45) is 8.80. The molecule has 0 spiro atoms. The first kappa shape index (κ1) is 11.9. The maximum atomic E-state index is 9.83. The highest BCUT2D eigenvalue weighted by atomic mass is 16.3. The Morgan fingerprint density at radius 2 is 1.82 bits per heavy atom. The molecule has 2 N–H and O–H groups in total. The van der Waals surface area contributed by atoms with Gasteiger partial charge in [-0.05, 0) is 51.5 Å².